The monoisotopic (exact) mass is 629 g/mol. The molecule has 244 valence electrons. The van der Waals surface area contributed by atoms with Crippen LogP contribution >= 0.6 is 0 Å². The molecule has 2 aromatic carbocycles. The first-order chi connectivity index (χ1) is 21.3. The van der Waals surface area contributed by atoms with E-state index in [9.17, 15) is 27.2 Å². The molecule has 0 radical (unpaired) electrons. The Hall–Kier alpha value is -3.47. The van der Waals surface area contributed by atoms with Crippen LogP contribution in [-0.2, 0) is 17.5 Å². The van der Waals surface area contributed by atoms with E-state index in [-0.39, 0.29) is 35.4 Å². The zero-order valence-electron chi connectivity index (χ0n) is 26.4. The van der Waals surface area contributed by atoms with Gasteiger partial charge in [-0.05, 0) is 113 Å². The summed E-state index contributed by atoms with van der Waals surface area (Å²) in [5.74, 6) is -0.692. The highest BCUT2D eigenvalue weighted by Gasteiger charge is 2.35. The lowest BCUT2D eigenvalue weighted by Crippen LogP contribution is -2.37. The first-order valence-electron chi connectivity index (χ1n) is 16.0. The van der Waals surface area contributed by atoms with Crippen molar-refractivity contribution in [2.45, 2.75) is 91.0 Å². The molecule has 7 nitrogen and oxygen atoms in total. The number of alkyl halides is 3. The number of piperidine rings is 1. The van der Waals surface area contributed by atoms with Crippen LogP contribution in [0.3, 0.4) is 0 Å². The highest BCUT2D eigenvalue weighted by atomic mass is 19.4. The number of rotatable bonds is 8. The van der Waals surface area contributed by atoms with Crippen LogP contribution < -0.4 is 10.6 Å². The standard InChI is InChI=1S/C34H43F4N5O2/c1-20(2)23-13-15-42(16-14-23)19-22-5-12-29-30(17-22)43(26-9-6-24(7-10-26)31(44)39-21(3)4)33(40-29)41-32(45)25-8-11-28(35)27(18-25)34(36,37)38/h5,8,11-12,17-18,20-21,23-24,26H,6-7,9-10,13-16,19H2,1-4H3,(H,39,44)(H,40,41,45). The molecular formula is C34H43F4N5O2. The van der Waals surface area contributed by atoms with Crippen molar-refractivity contribution in [1.82, 2.24) is 19.8 Å². The van der Waals surface area contributed by atoms with Gasteiger partial charge in [-0.25, -0.2) is 9.37 Å². The predicted molar refractivity (Wildman–Crippen MR) is 166 cm³/mol. The van der Waals surface area contributed by atoms with Gasteiger partial charge in [-0.2, -0.15) is 13.2 Å². The lowest BCUT2D eigenvalue weighted by atomic mass is 9.85. The first-order valence-corrected chi connectivity index (χ1v) is 16.0. The van der Waals surface area contributed by atoms with Gasteiger partial charge in [0.05, 0.1) is 16.6 Å². The second-order valence-corrected chi connectivity index (χ2v) is 13.3. The normalized spacial score (nSPS) is 20.2. The summed E-state index contributed by atoms with van der Waals surface area (Å²) >= 11 is 0. The second-order valence-electron chi connectivity index (χ2n) is 13.3. The summed E-state index contributed by atoms with van der Waals surface area (Å²) < 4.78 is 56.0. The number of likely N-dealkylation sites (tertiary alicyclic amines) is 1. The van der Waals surface area contributed by atoms with Gasteiger partial charge in [0.25, 0.3) is 5.91 Å². The van der Waals surface area contributed by atoms with Gasteiger partial charge in [-0.1, -0.05) is 19.9 Å². The van der Waals surface area contributed by atoms with Crippen molar-refractivity contribution < 1.29 is 27.2 Å². The van der Waals surface area contributed by atoms with Gasteiger partial charge >= 0.3 is 6.18 Å². The Kier molecular flexibility index (Phi) is 9.86. The van der Waals surface area contributed by atoms with Gasteiger partial charge in [0, 0.05) is 30.1 Å². The van der Waals surface area contributed by atoms with E-state index < -0.39 is 23.5 Å². The van der Waals surface area contributed by atoms with E-state index in [0.29, 0.717) is 49.3 Å². The molecular weight excluding hydrogens is 586 g/mol. The largest absolute Gasteiger partial charge is 0.419 e. The molecule has 11 heteroatoms. The fourth-order valence-electron chi connectivity index (χ4n) is 6.79. The number of carbonyl (C=O) groups is 2. The maximum Gasteiger partial charge on any atom is 0.419 e. The molecule has 0 spiro atoms. The summed E-state index contributed by atoms with van der Waals surface area (Å²) in [5, 5.41) is 5.72. The quantitative estimate of drug-likeness (QED) is 0.252. The van der Waals surface area contributed by atoms with E-state index in [1.807, 2.05) is 30.5 Å². The summed E-state index contributed by atoms with van der Waals surface area (Å²) in [7, 11) is 0. The van der Waals surface area contributed by atoms with Crippen molar-refractivity contribution in [2.75, 3.05) is 18.4 Å². The number of nitrogens with one attached hydrogen (secondary N) is 2. The lowest BCUT2D eigenvalue weighted by Gasteiger charge is -2.34. The average Bonchev–Trinajstić information content (AvgIpc) is 3.33. The summed E-state index contributed by atoms with van der Waals surface area (Å²) in [4.78, 5) is 33.1. The first kappa shape index (κ1) is 32.9. The van der Waals surface area contributed by atoms with Gasteiger partial charge in [-0.15, -0.1) is 0 Å². The Morgan fingerprint density at radius 2 is 1.64 bits per heavy atom. The molecule has 2 amide bonds. The predicted octanol–water partition coefficient (Wildman–Crippen LogP) is 7.57. The van der Waals surface area contributed by atoms with Crippen LogP contribution in [0.5, 0.6) is 0 Å². The van der Waals surface area contributed by atoms with Gasteiger partial charge in [-0.3, -0.25) is 19.8 Å². The molecule has 3 aromatic rings. The molecule has 1 saturated carbocycles. The average molecular weight is 630 g/mol. The van der Waals surface area contributed by atoms with E-state index in [0.717, 1.165) is 42.7 Å². The number of hydrogen-bond donors (Lipinski definition) is 2. The molecule has 0 bridgehead atoms. The topological polar surface area (TPSA) is 79.3 Å². The zero-order chi connectivity index (χ0) is 32.5. The van der Waals surface area contributed by atoms with Gasteiger partial charge in [0.1, 0.15) is 5.82 Å². The number of benzene rings is 2. The summed E-state index contributed by atoms with van der Waals surface area (Å²) in [6, 6.07) is 8.21. The SMILES string of the molecule is CC(C)NC(=O)C1CCC(n2c(NC(=O)c3ccc(F)c(C(F)(F)F)c3)nc3ccc(CN4CCC(C(C)C)CC4)cc32)CC1. The number of nitrogens with zero attached hydrogens (tertiary/aromatic N) is 3. The third-order valence-electron chi connectivity index (χ3n) is 9.36. The van der Waals surface area contributed by atoms with Crippen LogP contribution in [0, 0.1) is 23.6 Å². The Morgan fingerprint density at radius 1 is 0.956 bits per heavy atom. The number of imidazole rings is 1. The van der Waals surface area contributed by atoms with Crippen molar-refractivity contribution in [2.24, 2.45) is 17.8 Å². The van der Waals surface area contributed by atoms with Gasteiger partial charge < -0.3 is 9.88 Å². The minimum Gasteiger partial charge on any atom is -0.354 e. The third kappa shape index (κ3) is 7.68. The van der Waals surface area contributed by atoms with E-state index in [1.165, 1.54) is 12.8 Å². The number of fused-ring (bicyclic) bond motifs is 1. The van der Waals surface area contributed by atoms with Crippen molar-refractivity contribution in [3.8, 4) is 0 Å². The number of aromatic nitrogens is 2. The third-order valence-corrected chi connectivity index (χ3v) is 9.36. The molecule has 2 fully saturated rings. The molecule has 0 atom stereocenters. The molecule has 2 heterocycles. The van der Waals surface area contributed by atoms with Crippen molar-refractivity contribution in [1.29, 1.82) is 0 Å². The fraction of sp³-hybridized carbons (Fsp3) is 0.559. The summed E-state index contributed by atoms with van der Waals surface area (Å²) in [6.45, 7) is 11.3. The Bertz CT molecular complexity index is 1520. The highest BCUT2D eigenvalue weighted by molar-refractivity contribution is 6.04. The number of amides is 2. The number of anilines is 1. The fourth-order valence-corrected chi connectivity index (χ4v) is 6.79. The van der Waals surface area contributed by atoms with Crippen molar-refractivity contribution in [3.63, 3.8) is 0 Å². The molecule has 5 rings (SSSR count). The van der Waals surface area contributed by atoms with Crippen LogP contribution in [0.4, 0.5) is 23.5 Å². The van der Waals surface area contributed by atoms with E-state index in [1.54, 1.807) is 0 Å². The van der Waals surface area contributed by atoms with Crippen LogP contribution in [0.25, 0.3) is 11.0 Å². The Labute approximate surface area is 261 Å². The van der Waals surface area contributed by atoms with Crippen molar-refractivity contribution in [3.05, 3.63) is 58.9 Å². The molecule has 1 saturated heterocycles. The van der Waals surface area contributed by atoms with Gasteiger partial charge in [0.15, 0.2) is 0 Å². The highest BCUT2D eigenvalue weighted by Crippen LogP contribution is 2.38. The maximum atomic E-state index is 13.9. The zero-order valence-corrected chi connectivity index (χ0v) is 26.4. The maximum absolute atomic E-state index is 13.9. The molecule has 1 aliphatic heterocycles. The van der Waals surface area contributed by atoms with Crippen LogP contribution in [0.1, 0.15) is 93.7 Å². The Morgan fingerprint density at radius 3 is 2.27 bits per heavy atom. The number of carbonyl (C=O) groups excluding carboxylic acids is 2. The molecule has 45 heavy (non-hydrogen) atoms. The van der Waals surface area contributed by atoms with Crippen LogP contribution in [-0.4, -0.2) is 45.4 Å². The molecule has 0 unspecified atom stereocenters. The minimum absolute atomic E-state index is 0.0350. The second kappa shape index (κ2) is 13.5. The summed E-state index contributed by atoms with van der Waals surface area (Å²) in [6.07, 6.45) is 0.0659. The lowest BCUT2D eigenvalue weighted by molar-refractivity contribution is -0.140. The van der Waals surface area contributed by atoms with E-state index in [2.05, 4.69) is 35.4 Å². The number of halogens is 4. The van der Waals surface area contributed by atoms with E-state index >= 15 is 0 Å². The van der Waals surface area contributed by atoms with E-state index in [4.69, 9.17) is 4.98 Å². The minimum atomic E-state index is -4.94. The summed E-state index contributed by atoms with van der Waals surface area (Å²) in [5.41, 5.74) is 0.779. The molecule has 2 N–H and O–H groups in total. The Balaban J connectivity index is 1.43. The van der Waals surface area contributed by atoms with Crippen molar-refractivity contribution >= 4 is 28.8 Å². The van der Waals surface area contributed by atoms with Gasteiger partial charge in [0.2, 0.25) is 11.9 Å². The molecule has 1 aromatic heterocycles. The molecule has 2 aliphatic rings. The molecule has 1 aliphatic carbocycles. The smallest absolute Gasteiger partial charge is 0.354 e. The van der Waals surface area contributed by atoms with Crippen LogP contribution in [0.2, 0.25) is 0 Å². The number of hydrogen-bond acceptors (Lipinski definition) is 4. The van der Waals surface area contributed by atoms with Crippen LogP contribution in [0.15, 0.2) is 36.4 Å².